The normalized spacial score (nSPS) is 16.5. The zero-order chi connectivity index (χ0) is 30.8. The number of anilines is 2. The van der Waals surface area contributed by atoms with Crippen LogP contribution in [0.25, 0.3) is 28.4 Å². The van der Waals surface area contributed by atoms with Crippen LogP contribution >= 0.6 is 11.3 Å². The Balaban J connectivity index is 1.27. The molecule has 2 aromatic carbocycles. The fraction of sp³-hybridized carbons (Fsp3) is 0.353. The molecule has 2 saturated carbocycles. The molecule has 0 saturated heterocycles. The number of benzene rings is 2. The summed E-state index contributed by atoms with van der Waals surface area (Å²) < 4.78 is 2.17. The van der Waals surface area contributed by atoms with Gasteiger partial charge in [0.15, 0.2) is 5.13 Å². The summed E-state index contributed by atoms with van der Waals surface area (Å²) in [7, 11) is 3.92. The van der Waals surface area contributed by atoms with E-state index in [1.165, 1.54) is 24.5 Å². The maximum absolute atomic E-state index is 13.8. The molecule has 228 valence electrons. The highest BCUT2D eigenvalue weighted by Crippen LogP contribution is 2.45. The van der Waals surface area contributed by atoms with E-state index >= 15 is 0 Å². The second-order valence-corrected chi connectivity index (χ2v) is 12.7. The first-order valence-corrected chi connectivity index (χ1v) is 16.1. The van der Waals surface area contributed by atoms with Gasteiger partial charge in [-0.3, -0.25) is 9.59 Å². The van der Waals surface area contributed by atoms with E-state index in [0.717, 1.165) is 59.2 Å². The van der Waals surface area contributed by atoms with E-state index in [0.29, 0.717) is 35.6 Å². The second kappa shape index (κ2) is 12.3. The zero-order valence-electron chi connectivity index (χ0n) is 25.0. The number of aryl methyl sites for hydroxylation is 1. The Morgan fingerprint density at radius 2 is 1.77 bits per heavy atom. The molecule has 2 heterocycles. The fourth-order valence-corrected chi connectivity index (χ4v) is 7.47. The van der Waals surface area contributed by atoms with Gasteiger partial charge in [-0.2, -0.15) is 0 Å². The van der Waals surface area contributed by atoms with Crippen LogP contribution in [0.15, 0.2) is 53.9 Å². The van der Waals surface area contributed by atoms with Crippen LogP contribution in [-0.2, 0) is 16.6 Å². The van der Waals surface area contributed by atoms with Crippen LogP contribution in [0.1, 0.15) is 78.8 Å². The Morgan fingerprint density at radius 1 is 1.05 bits per heavy atom. The van der Waals surface area contributed by atoms with Crippen molar-refractivity contribution in [3.63, 3.8) is 0 Å². The van der Waals surface area contributed by atoms with Crippen molar-refractivity contribution in [1.29, 1.82) is 0 Å². The Bertz CT molecular complexity index is 1740. The average Bonchev–Trinajstić information content (AvgIpc) is 3.84. The number of hydrogen-bond acceptors (Lipinski definition) is 6. The van der Waals surface area contributed by atoms with Crippen LogP contribution in [0.3, 0.4) is 0 Å². The molecule has 0 unspecified atom stereocenters. The molecule has 2 fully saturated rings. The molecule has 0 aliphatic heterocycles. The average molecular weight is 612 g/mol. The molecule has 0 radical (unpaired) electrons. The van der Waals surface area contributed by atoms with E-state index in [1.807, 2.05) is 26.2 Å². The van der Waals surface area contributed by atoms with Crippen LogP contribution in [0.5, 0.6) is 0 Å². The van der Waals surface area contributed by atoms with Gasteiger partial charge in [-0.25, -0.2) is 9.78 Å². The fourth-order valence-electron chi connectivity index (χ4n) is 6.81. The molecule has 4 aromatic rings. The number of rotatable bonds is 9. The van der Waals surface area contributed by atoms with E-state index in [9.17, 15) is 14.4 Å². The Morgan fingerprint density at radius 3 is 2.43 bits per heavy atom. The number of carboxylic acids is 1. The summed E-state index contributed by atoms with van der Waals surface area (Å²) >= 11 is 1.58. The first-order chi connectivity index (χ1) is 21.3. The van der Waals surface area contributed by atoms with E-state index in [2.05, 4.69) is 32.0 Å². The van der Waals surface area contributed by atoms with Gasteiger partial charge in [0.2, 0.25) is 5.91 Å². The van der Waals surface area contributed by atoms with Crippen molar-refractivity contribution in [3.05, 3.63) is 70.6 Å². The topological polar surface area (TPSA) is 125 Å². The SMILES string of the molecule is CNc1nc(-c2c(C3CCCC3)c3ccc(C(=O)NC4(C(=O)Nc5ccc(/C=C/C(=O)O)cc5)CCCC4)cc3n2C)cs1. The minimum atomic E-state index is -1.02. The summed E-state index contributed by atoms with van der Waals surface area (Å²) in [4.78, 5) is 43.0. The molecule has 6 rings (SSSR count). The Kier molecular flexibility index (Phi) is 8.27. The molecule has 2 aromatic heterocycles. The molecule has 2 amide bonds. The predicted octanol–water partition coefficient (Wildman–Crippen LogP) is 6.78. The van der Waals surface area contributed by atoms with E-state index in [4.69, 9.17) is 10.1 Å². The summed E-state index contributed by atoms with van der Waals surface area (Å²) in [5.41, 5.74) is 5.16. The number of nitrogens with one attached hydrogen (secondary N) is 3. The highest BCUT2D eigenvalue weighted by Gasteiger charge is 2.42. The second-order valence-electron chi connectivity index (χ2n) is 11.8. The number of amides is 2. The van der Waals surface area contributed by atoms with Gasteiger partial charge >= 0.3 is 5.97 Å². The number of carbonyl (C=O) groups is 3. The third-order valence-corrected chi connectivity index (χ3v) is 9.92. The standard InChI is InChI=1S/C34H37N5O4S/c1-35-33-37-26(20-44-33)30-29(22-7-3-4-8-22)25-15-12-23(19-27(25)39(30)2)31(42)38-34(17-5-6-18-34)32(43)36-24-13-9-21(10-14-24)11-16-28(40)41/h9-16,19-20,22H,3-8,17-18H2,1-2H3,(H,35,37)(H,36,43)(H,38,42)(H,40,41)/b16-11+. The molecule has 0 atom stereocenters. The van der Waals surface area contributed by atoms with Gasteiger partial charge in [-0.1, -0.05) is 43.9 Å². The highest BCUT2D eigenvalue weighted by molar-refractivity contribution is 7.14. The summed E-state index contributed by atoms with van der Waals surface area (Å²) in [6.07, 6.45) is 10.1. The van der Waals surface area contributed by atoms with Crippen molar-refractivity contribution < 1.29 is 19.5 Å². The molecule has 9 nitrogen and oxygen atoms in total. The van der Waals surface area contributed by atoms with Gasteiger partial charge in [-0.15, -0.1) is 11.3 Å². The number of carboxylic acid groups (broad SMARTS) is 1. The van der Waals surface area contributed by atoms with Gasteiger partial charge in [-0.05, 0) is 73.1 Å². The predicted molar refractivity (Wildman–Crippen MR) is 175 cm³/mol. The number of thiazole rings is 1. The number of aromatic nitrogens is 2. The molecule has 2 aliphatic carbocycles. The smallest absolute Gasteiger partial charge is 0.328 e. The van der Waals surface area contributed by atoms with Crippen molar-refractivity contribution >= 4 is 56.9 Å². The third kappa shape index (κ3) is 5.74. The third-order valence-electron chi connectivity index (χ3n) is 9.06. The van der Waals surface area contributed by atoms with Crippen molar-refractivity contribution in [2.45, 2.75) is 62.8 Å². The summed E-state index contributed by atoms with van der Waals surface area (Å²) in [6.45, 7) is 0. The lowest BCUT2D eigenvalue weighted by Crippen LogP contribution is -2.55. The summed E-state index contributed by atoms with van der Waals surface area (Å²) in [6, 6.07) is 12.8. The van der Waals surface area contributed by atoms with Crippen LogP contribution in [0.4, 0.5) is 10.8 Å². The number of hydrogen-bond donors (Lipinski definition) is 4. The quantitative estimate of drug-likeness (QED) is 0.155. The van der Waals surface area contributed by atoms with Gasteiger partial charge in [0.1, 0.15) is 11.2 Å². The first kappa shape index (κ1) is 29.6. The molecule has 44 heavy (non-hydrogen) atoms. The van der Waals surface area contributed by atoms with Gasteiger partial charge in [0, 0.05) is 47.7 Å². The number of carbonyl (C=O) groups excluding carboxylic acids is 2. The molecule has 0 spiro atoms. The Labute approximate surface area is 260 Å². The van der Waals surface area contributed by atoms with Crippen molar-refractivity contribution in [2.75, 3.05) is 17.7 Å². The lowest BCUT2D eigenvalue weighted by molar-refractivity contribution is -0.131. The van der Waals surface area contributed by atoms with Gasteiger partial charge in [0.05, 0.1) is 5.69 Å². The van der Waals surface area contributed by atoms with Crippen molar-refractivity contribution in [2.24, 2.45) is 7.05 Å². The number of aliphatic carboxylic acids is 1. The van der Waals surface area contributed by atoms with Crippen molar-refractivity contribution in [3.8, 4) is 11.4 Å². The van der Waals surface area contributed by atoms with Crippen LogP contribution in [0.2, 0.25) is 0 Å². The lowest BCUT2D eigenvalue weighted by Gasteiger charge is -2.29. The minimum absolute atomic E-state index is 0.244. The lowest BCUT2D eigenvalue weighted by atomic mass is 9.93. The van der Waals surface area contributed by atoms with E-state index in [1.54, 1.807) is 35.6 Å². The maximum Gasteiger partial charge on any atom is 0.328 e. The maximum atomic E-state index is 13.8. The summed E-state index contributed by atoms with van der Waals surface area (Å²) in [5, 5.41) is 22.2. The zero-order valence-corrected chi connectivity index (χ0v) is 25.8. The Hall–Kier alpha value is -4.44. The number of nitrogens with zero attached hydrogens (tertiary/aromatic N) is 2. The molecular weight excluding hydrogens is 574 g/mol. The minimum Gasteiger partial charge on any atom is -0.478 e. The number of fused-ring (bicyclic) bond motifs is 1. The van der Waals surface area contributed by atoms with Crippen molar-refractivity contribution in [1.82, 2.24) is 14.9 Å². The summed E-state index contributed by atoms with van der Waals surface area (Å²) in [5.74, 6) is -1.08. The molecule has 2 aliphatic rings. The molecule has 10 heteroatoms. The van der Waals surface area contributed by atoms with Gasteiger partial charge < -0.3 is 25.6 Å². The molecule has 0 bridgehead atoms. The molecule has 4 N–H and O–H groups in total. The highest BCUT2D eigenvalue weighted by atomic mass is 32.1. The monoisotopic (exact) mass is 611 g/mol. The first-order valence-electron chi connectivity index (χ1n) is 15.2. The van der Waals surface area contributed by atoms with Crippen LogP contribution in [0, 0.1) is 0 Å². The van der Waals surface area contributed by atoms with E-state index in [-0.39, 0.29) is 11.8 Å². The largest absolute Gasteiger partial charge is 0.478 e. The van der Waals surface area contributed by atoms with E-state index < -0.39 is 11.5 Å². The molecular formula is C34H37N5O4S. The van der Waals surface area contributed by atoms with Crippen LogP contribution < -0.4 is 16.0 Å². The van der Waals surface area contributed by atoms with Gasteiger partial charge in [0.25, 0.3) is 5.91 Å². The van der Waals surface area contributed by atoms with Crippen LogP contribution in [-0.4, -0.2) is 45.0 Å².